The molecule has 88 valence electrons. The van der Waals surface area contributed by atoms with Crippen LogP contribution in [-0.4, -0.2) is 10.9 Å². The van der Waals surface area contributed by atoms with Gasteiger partial charge >= 0.3 is 0 Å². The number of hydrogen-bond donors (Lipinski definition) is 0. The van der Waals surface area contributed by atoms with Crippen LogP contribution in [0.25, 0.3) is 22.0 Å². The summed E-state index contributed by atoms with van der Waals surface area (Å²) in [6, 6.07) is 16.4. The number of aromatic nitrogens is 1. The quantitative estimate of drug-likeness (QED) is 0.621. The first-order valence-electron chi connectivity index (χ1n) is 5.89. The van der Waals surface area contributed by atoms with E-state index in [2.05, 4.69) is 30.3 Å². The largest absolute Gasteiger partial charge is 0.350 e. The highest BCUT2D eigenvalue weighted by Crippen LogP contribution is 2.26. The molecule has 0 atom stereocenters. The molecule has 0 N–H and O–H groups in total. The third kappa shape index (κ3) is 1.63. The zero-order valence-corrected chi connectivity index (χ0v) is 10.1. The molecule has 0 saturated heterocycles. The van der Waals surface area contributed by atoms with E-state index in [0.717, 1.165) is 28.3 Å². The number of fused-ring (bicyclic) bond motifs is 1. The Morgan fingerprint density at radius 3 is 2.50 bits per heavy atom. The first-order valence-corrected chi connectivity index (χ1v) is 5.89. The van der Waals surface area contributed by atoms with Crippen molar-refractivity contribution in [2.45, 2.75) is 0 Å². The summed E-state index contributed by atoms with van der Waals surface area (Å²) < 4.78 is 1.98. The van der Waals surface area contributed by atoms with Crippen molar-refractivity contribution >= 4 is 17.2 Å². The average Bonchev–Trinajstić information content (AvgIpc) is 2.76. The van der Waals surface area contributed by atoms with Crippen molar-refractivity contribution in [3.8, 4) is 11.1 Å². The van der Waals surface area contributed by atoms with E-state index >= 15 is 0 Å². The fraction of sp³-hybridized carbons (Fsp3) is 0.0625. The van der Waals surface area contributed by atoms with Gasteiger partial charge in [-0.05, 0) is 23.3 Å². The number of carbonyl (C=O) groups is 1. The van der Waals surface area contributed by atoms with Crippen LogP contribution >= 0.6 is 0 Å². The highest BCUT2D eigenvalue weighted by molar-refractivity contribution is 5.99. The maximum Gasteiger partial charge on any atom is 0.152 e. The second-order valence-electron chi connectivity index (χ2n) is 4.41. The molecule has 0 radical (unpaired) electrons. The number of carbonyl (C=O) groups excluding carboxylic acids is 1. The van der Waals surface area contributed by atoms with Crippen molar-refractivity contribution in [2.75, 3.05) is 0 Å². The molecule has 0 bridgehead atoms. The summed E-state index contributed by atoms with van der Waals surface area (Å²) in [5.41, 5.74) is 4.12. The van der Waals surface area contributed by atoms with Crippen LogP contribution in [0.15, 0.2) is 54.7 Å². The van der Waals surface area contributed by atoms with E-state index in [9.17, 15) is 4.79 Å². The van der Waals surface area contributed by atoms with Crippen LogP contribution in [0.1, 0.15) is 10.4 Å². The SMILES string of the molecule is Cn1cc(C=O)c2cc(-c3ccccc3)ccc21. The van der Waals surface area contributed by atoms with E-state index in [1.165, 1.54) is 5.56 Å². The van der Waals surface area contributed by atoms with Gasteiger partial charge in [0.05, 0.1) is 0 Å². The lowest BCUT2D eigenvalue weighted by Crippen LogP contribution is -1.83. The molecule has 0 aliphatic heterocycles. The van der Waals surface area contributed by atoms with E-state index in [4.69, 9.17) is 0 Å². The number of aldehydes is 1. The summed E-state index contributed by atoms with van der Waals surface area (Å²) in [6.07, 6.45) is 2.78. The molecule has 0 aliphatic carbocycles. The van der Waals surface area contributed by atoms with Crippen LogP contribution in [0.5, 0.6) is 0 Å². The van der Waals surface area contributed by atoms with Crippen molar-refractivity contribution in [3.63, 3.8) is 0 Å². The van der Waals surface area contributed by atoms with Gasteiger partial charge in [0.15, 0.2) is 6.29 Å². The maximum atomic E-state index is 11.1. The number of rotatable bonds is 2. The van der Waals surface area contributed by atoms with E-state index in [-0.39, 0.29) is 0 Å². The van der Waals surface area contributed by atoms with Crippen molar-refractivity contribution in [2.24, 2.45) is 7.05 Å². The first kappa shape index (κ1) is 10.8. The highest BCUT2D eigenvalue weighted by atomic mass is 16.1. The monoisotopic (exact) mass is 235 g/mol. The molecule has 1 heterocycles. The Bertz CT molecular complexity index is 711. The lowest BCUT2D eigenvalue weighted by Gasteiger charge is -2.02. The Morgan fingerprint density at radius 1 is 1.00 bits per heavy atom. The molecule has 0 aliphatic rings. The van der Waals surface area contributed by atoms with Gasteiger partial charge in [0.25, 0.3) is 0 Å². The normalized spacial score (nSPS) is 10.7. The van der Waals surface area contributed by atoms with Crippen LogP contribution in [0, 0.1) is 0 Å². The molecule has 3 aromatic rings. The van der Waals surface area contributed by atoms with Gasteiger partial charge in [0.1, 0.15) is 0 Å². The summed E-state index contributed by atoms with van der Waals surface area (Å²) in [6.45, 7) is 0. The number of nitrogens with zero attached hydrogens (tertiary/aromatic N) is 1. The molecular formula is C16H13NO. The lowest BCUT2D eigenvalue weighted by atomic mass is 10.0. The topological polar surface area (TPSA) is 22.0 Å². The highest BCUT2D eigenvalue weighted by Gasteiger charge is 2.07. The van der Waals surface area contributed by atoms with Crippen molar-refractivity contribution in [1.29, 1.82) is 0 Å². The molecule has 18 heavy (non-hydrogen) atoms. The van der Waals surface area contributed by atoms with E-state index in [1.54, 1.807) is 0 Å². The molecule has 0 spiro atoms. The minimum Gasteiger partial charge on any atom is -0.350 e. The summed E-state index contributed by atoms with van der Waals surface area (Å²) in [7, 11) is 1.96. The Balaban J connectivity index is 2.25. The van der Waals surface area contributed by atoms with E-state index < -0.39 is 0 Å². The van der Waals surface area contributed by atoms with Crippen molar-refractivity contribution < 1.29 is 4.79 Å². The van der Waals surface area contributed by atoms with Gasteiger partial charge in [-0.1, -0.05) is 36.4 Å². The van der Waals surface area contributed by atoms with Crippen molar-refractivity contribution in [1.82, 2.24) is 4.57 Å². The van der Waals surface area contributed by atoms with Gasteiger partial charge in [-0.3, -0.25) is 4.79 Å². The summed E-state index contributed by atoms with van der Waals surface area (Å²) in [5, 5.41) is 1.01. The third-order valence-electron chi connectivity index (χ3n) is 3.25. The van der Waals surface area contributed by atoms with E-state index in [1.807, 2.05) is 36.0 Å². The molecule has 0 amide bonds. The number of hydrogen-bond acceptors (Lipinski definition) is 1. The minimum atomic E-state index is 0.741. The lowest BCUT2D eigenvalue weighted by molar-refractivity contribution is 0.112. The van der Waals surface area contributed by atoms with Gasteiger partial charge in [0.2, 0.25) is 0 Å². The fourth-order valence-electron chi connectivity index (χ4n) is 2.33. The molecule has 2 heteroatoms. The fourth-order valence-corrected chi connectivity index (χ4v) is 2.33. The molecule has 2 aromatic carbocycles. The minimum absolute atomic E-state index is 0.741. The first-order chi connectivity index (χ1) is 8.79. The van der Waals surface area contributed by atoms with Crippen molar-refractivity contribution in [3.05, 3.63) is 60.3 Å². The zero-order chi connectivity index (χ0) is 12.5. The van der Waals surface area contributed by atoms with Gasteiger partial charge in [-0.15, -0.1) is 0 Å². The molecular weight excluding hydrogens is 222 g/mol. The van der Waals surface area contributed by atoms with Crippen LogP contribution in [0.2, 0.25) is 0 Å². The molecule has 1 aromatic heterocycles. The molecule has 0 fully saturated rings. The number of aryl methyl sites for hydroxylation is 1. The Hall–Kier alpha value is -2.35. The van der Waals surface area contributed by atoms with Crippen LogP contribution in [-0.2, 0) is 7.05 Å². The van der Waals surface area contributed by atoms with Gasteiger partial charge in [-0.2, -0.15) is 0 Å². The predicted octanol–water partition coefficient (Wildman–Crippen LogP) is 3.66. The van der Waals surface area contributed by atoms with Crippen LogP contribution < -0.4 is 0 Å². The summed E-state index contributed by atoms with van der Waals surface area (Å²) >= 11 is 0. The Kier molecular flexibility index (Phi) is 2.49. The summed E-state index contributed by atoms with van der Waals surface area (Å²) in [5.74, 6) is 0. The Labute approximate surface area is 105 Å². The Morgan fingerprint density at radius 2 is 1.78 bits per heavy atom. The molecule has 0 unspecified atom stereocenters. The smallest absolute Gasteiger partial charge is 0.152 e. The molecule has 2 nitrogen and oxygen atoms in total. The van der Waals surface area contributed by atoms with Crippen LogP contribution in [0.3, 0.4) is 0 Å². The summed E-state index contributed by atoms with van der Waals surface area (Å²) in [4.78, 5) is 11.1. The second-order valence-corrected chi connectivity index (χ2v) is 4.41. The molecule has 3 rings (SSSR count). The van der Waals surface area contributed by atoms with Gasteiger partial charge in [0, 0.05) is 29.7 Å². The van der Waals surface area contributed by atoms with Crippen LogP contribution in [0.4, 0.5) is 0 Å². The average molecular weight is 235 g/mol. The standard InChI is InChI=1S/C16H13NO/c1-17-10-14(11-18)15-9-13(7-8-16(15)17)12-5-3-2-4-6-12/h2-11H,1H3. The second kappa shape index (κ2) is 4.15. The zero-order valence-electron chi connectivity index (χ0n) is 10.1. The van der Waals surface area contributed by atoms with Gasteiger partial charge < -0.3 is 4.57 Å². The van der Waals surface area contributed by atoms with E-state index in [0.29, 0.717) is 0 Å². The molecule has 0 saturated carbocycles. The van der Waals surface area contributed by atoms with Gasteiger partial charge in [-0.25, -0.2) is 0 Å². The maximum absolute atomic E-state index is 11.1. The third-order valence-corrected chi connectivity index (χ3v) is 3.25. The number of benzene rings is 2. The predicted molar refractivity (Wildman–Crippen MR) is 73.7 cm³/mol.